The summed E-state index contributed by atoms with van der Waals surface area (Å²) < 4.78 is 12.2. The van der Waals surface area contributed by atoms with Gasteiger partial charge in [-0.3, -0.25) is 0 Å². The van der Waals surface area contributed by atoms with Crippen LogP contribution in [0.25, 0.3) is 5.70 Å². The number of nitrogens with one attached hydrogen (secondary N) is 1. The molecule has 0 radical (unpaired) electrons. The number of methoxy groups -OCH3 is 2. The van der Waals surface area contributed by atoms with Crippen molar-refractivity contribution in [1.82, 2.24) is 24.7 Å². The summed E-state index contributed by atoms with van der Waals surface area (Å²) in [6, 6.07) is 6.96. The van der Waals surface area contributed by atoms with Crippen molar-refractivity contribution >= 4 is 23.6 Å². The van der Waals surface area contributed by atoms with Gasteiger partial charge in [0.25, 0.3) is 0 Å². The highest BCUT2D eigenvalue weighted by Crippen LogP contribution is 2.39. The van der Waals surface area contributed by atoms with Gasteiger partial charge in [-0.15, -0.1) is 0 Å². The van der Waals surface area contributed by atoms with Crippen LogP contribution in [0.4, 0.5) is 11.9 Å². The smallest absolute Gasteiger partial charge is 0.338 e. The highest BCUT2D eigenvalue weighted by atomic mass is 16.5. The fourth-order valence-corrected chi connectivity index (χ4v) is 4.37. The van der Waals surface area contributed by atoms with E-state index in [9.17, 15) is 4.79 Å². The average Bonchev–Trinajstić information content (AvgIpc) is 3.55. The molecule has 1 N–H and O–H groups in total. The molecule has 1 aromatic carbocycles. The van der Waals surface area contributed by atoms with Crippen LogP contribution in [-0.4, -0.2) is 58.0 Å². The van der Waals surface area contributed by atoms with Gasteiger partial charge in [0.05, 0.1) is 31.2 Å². The second-order valence-corrected chi connectivity index (χ2v) is 7.97. The molecular formula is C23H25N7O3. The molecule has 33 heavy (non-hydrogen) atoms. The fourth-order valence-electron chi connectivity index (χ4n) is 4.37. The third-order valence-corrected chi connectivity index (χ3v) is 6.06. The molecule has 4 heterocycles. The van der Waals surface area contributed by atoms with Gasteiger partial charge < -0.3 is 19.7 Å². The number of benzene rings is 1. The van der Waals surface area contributed by atoms with Gasteiger partial charge in [-0.2, -0.15) is 10.1 Å². The van der Waals surface area contributed by atoms with E-state index in [0.29, 0.717) is 28.7 Å². The number of rotatable bonds is 5. The van der Waals surface area contributed by atoms with Crippen LogP contribution in [-0.2, 0) is 9.53 Å². The zero-order valence-electron chi connectivity index (χ0n) is 18.8. The maximum Gasteiger partial charge on any atom is 0.338 e. The molecule has 0 amide bonds. The monoisotopic (exact) mass is 447 g/mol. The average molecular weight is 447 g/mol. The van der Waals surface area contributed by atoms with Gasteiger partial charge in [0.1, 0.15) is 18.1 Å². The lowest BCUT2D eigenvalue weighted by Crippen LogP contribution is -2.30. The summed E-state index contributed by atoms with van der Waals surface area (Å²) in [5, 5.41) is 7.63. The Morgan fingerprint density at radius 3 is 2.55 bits per heavy atom. The number of aromatic nitrogens is 5. The van der Waals surface area contributed by atoms with E-state index in [0.717, 1.165) is 42.9 Å². The number of nitrogens with zero attached hydrogens (tertiary/aromatic N) is 6. The molecular weight excluding hydrogens is 422 g/mol. The van der Waals surface area contributed by atoms with Crippen LogP contribution in [0.1, 0.15) is 35.7 Å². The van der Waals surface area contributed by atoms with Crippen LogP contribution in [0, 0.1) is 6.92 Å². The van der Waals surface area contributed by atoms with E-state index >= 15 is 0 Å². The zero-order valence-corrected chi connectivity index (χ0v) is 18.8. The second-order valence-electron chi connectivity index (χ2n) is 7.97. The molecule has 1 atom stereocenters. The van der Waals surface area contributed by atoms with Gasteiger partial charge >= 0.3 is 5.97 Å². The third kappa shape index (κ3) is 3.67. The fraction of sp³-hybridized carbons (Fsp3) is 0.348. The summed E-state index contributed by atoms with van der Waals surface area (Å²) in [7, 11) is 2.98. The lowest BCUT2D eigenvalue weighted by Gasteiger charge is -2.29. The molecule has 3 aromatic rings. The van der Waals surface area contributed by atoms with Gasteiger partial charge in [-0.25, -0.2) is 19.4 Å². The predicted octanol–water partition coefficient (Wildman–Crippen LogP) is 2.58. The second kappa shape index (κ2) is 8.53. The predicted molar refractivity (Wildman–Crippen MR) is 122 cm³/mol. The highest BCUT2D eigenvalue weighted by molar-refractivity contribution is 6.02. The van der Waals surface area contributed by atoms with Crippen LogP contribution < -0.4 is 15.0 Å². The number of esters is 1. The number of ether oxygens (including phenoxy) is 2. The number of aryl methyl sites for hydroxylation is 1. The van der Waals surface area contributed by atoms with E-state index in [1.807, 2.05) is 31.2 Å². The van der Waals surface area contributed by atoms with Crippen molar-refractivity contribution in [2.24, 2.45) is 0 Å². The normalized spacial score (nSPS) is 17.5. The van der Waals surface area contributed by atoms with Crippen LogP contribution in [0.3, 0.4) is 0 Å². The molecule has 1 unspecified atom stereocenters. The van der Waals surface area contributed by atoms with Crippen molar-refractivity contribution in [3.63, 3.8) is 0 Å². The summed E-state index contributed by atoms with van der Waals surface area (Å²) in [4.78, 5) is 29.0. The summed E-state index contributed by atoms with van der Waals surface area (Å²) in [5.74, 6) is 1.47. The Morgan fingerprint density at radius 1 is 1.12 bits per heavy atom. The van der Waals surface area contributed by atoms with Crippen molar-refractivity contribution < 1.29 is 14.3 Å². The Labute approximate surface area is 191 Å². The number of hydrogen-bond acceptors (Lipinski definition) is 9. The number of fused-ring (bicyclic) bond motifs is 1. The first-order valence-corrected chi connectivity index (χ1v) is 10.8. The minimum Gasteiger partial charge on any atom is -0.497 e. The van der Waals surface area contributed by atoms with Gasteiger partial charge in [0.2, 0.25) is 11.9 Å². The first-order valence-electron chi connectivity index (χ1n) is 10.8. The lowest BCUT2D eigenvalue weighted by atomic mass is 9.93. The molecule has 10 heteroatoms. The lowest BCUT2D eigenvalue weighted by molar-refractivity contribution is -0.136. The van der Waals surface area contributed by atoms with Gasteiger partial charge in [0.15, 0.2) is 0 Å². The maximum atomic E-state index is 13.1. The summed E-state index contributed by atoms with van der Waals surface area (Å²) in [6.45, 7) is 3.83. The number of carbonyl (C=O) groups excluding carboxylic acids is 1. The SMILES string of the molecule is COC(=O)C1=C(c2cnc(N3CCCC3)nc2C)Nc2ncnn2C1c1ccc(OC)cc1. The zero-order chi connectivity index (χ0) is 22.9. The van der Waals surface area contributed by atoms with E-state index in [2.05, 4.69) is 25.3 Å². The molecule has 2 aliphatic heterocycles. The molecule has 170 valence electrons. The molecule has 5 rings (SSSR count). The summed E-state index contributed by atoms with van der Waals surface area (Å²) >= 11 is 0. The van der Waals surface area contributed by atoms with Crippen molar-refractivity contribution in [2.45, 2.75) is 25.8 Å². The van der Waals surface area contributed by atoms with Crippen LogP contribution >= 0.6 is 0 Å². The number of anilines is 2. The Bertz CT molecular complexity index is 1210. The van der Waals surface area contributed by atoms with E-state index < -0.39 is 12.0 Å². The highest BCUT2D eigenvalue weighted by Gasteiger charge is 2.36. The number of carbonyl (C=O) groups is 1. The van der Waals surface area contributed by atoms with Gasteiger partial charge in [0, 0.05) is 24.8 Å². The summed E-state index contributed by atoms with van der Waals surface area (Å²) in [5.41, 5.74) is 3.28. The quantitative estimate of drug-likeness (QED) is 0.591. The molecule has 0 spiro atoms. The molecule has 2 aliphatic rings. The van der Waals surface area contributed by atoms with Crippen molar-refractivity contribution in [3.05, 3.63) is 59.2 Å². The van der Waals surface area contributed by atoms with Crippen molar-refractivity contribution in [3.8, 4) is 5.75 Å². The van der Waals surface area contributed by atoms with Crippen molar-refractivity contribution in [1.29, 1.82) is 0 Å². The van der Waals surface area contributed by atoms with Gasteiger partial charge in [-0.1, -0.05) is 12.1 Å². The Balaban J connectivity index is 1.66. The number of hydrogen-bond donors (Lipinski definition) is 1. The molecule has 2 aromatic heterocycles. The molecule has 0 saturated carbocycles. The minimum absolute atomic E-state index is 0.404. The van der Waals surface area contributed by atoms with Gasteiger partial charge in [-0.05, 0) is 37.5 Å². The van der Waals surface area contributed by atoms with E-state index in [1.54, 1.807) is 18.0 Å². The van der Waals surface area contributed by atoms with Crippen molar-refractivity contribution in [2.75, 3.05) is 37.5 Å². The van der Waals surface area contributed by atoms with E-state index in [-0.39, 0.29) is 0 Å². The van der Waals surface area contributed by atoms with Crippen LogP contribution in [0.5, 0.6) is 5.75 Å². The molecule has 0 bridgehead atoms. The largest absolute Gasteiger partial charge is 0.497 e. The first-order chi connectivity index (χ1) is 16.1. The van der Waals surface area contributed by atoms with Crippen LogP contribution in [0.15, 0.2) is 42.4 Å². The Hall–Kier alpha value is -3.95. The standard InChI is InChI=1S/C23H25N7O3/c1-14-17(12-24-22(27-14)29-10-4-5-11-29)19-18(21(31)33-3)20(30-23(28-19)25-13-26-30)15-6-8-16(32-2)9-7-15/h6-9,12-13,20H,4-5,10-11H2,1-3H3,(H,25,26,28). The van der Waals surface area contributed by atoms with E-state index in [1.165, 1.54) is 13.4 Å². The molecule has 0 aliphatic carbocycles. The molecule has 1 saturated heterocycles. The topological polar surface area (TPSA) is 107 Å². The maximum absolute atomic E-state index is 13.1. The summed E-state index contributed by atoms with van der Waals surface area (Å²) in [6.07, 6.45) is 5.50. The minimum atomic E-state index is -0.547. The third-order valence-electron chi connectivity index (χ3n) is 6.06. The Kier molecular flexibility index (Phi) is 5.41. The molecule has 10 nitrogen and oxygen atoms in total. The van der Waals surface area contributed by atoms with Crippen LogP contribution in [0.2, 0.25) is 0 Å². The van der Waals surface area contributed by atoms with E-state index in [4.69, 9.17) is 14.5 Å². The first kappa shape index (κ1) is 20.9. The molecule has 1 fully saturated rings. The Morgan fingerprint density at radius 2 is 1.88 bits per heavy atom.